The highest BCUT2D eigenvalue weighted by Gasteiger charge is 2.10. The number of rotatable bonds is 6. The maximum Gasteiger partial charge on any atom is 0.250 e. The van der Waals surface area contributed by atoms with Gasteiger partial charge in [0, 0.05) is 6.08 Å². The van der Waals surface area contributed by atoms with Crippen LogP contribution in [0, 0.1) is 0 Å². The molecule has 0 aromatic carbocycles. The maximum absolute atomic E-state index is 11.7. The fourth-order valence-electron chi connectivity index (χ4n) is 1.52. The van der Waals surface area contributed by atoms with E-state index in [0.717, 1.165) is 12.0 Å². The van der Waals surface area contributed by atoms with Crippen molar-refractivity contribution in [2.75, 3.05) is 0 Å². The number of furan rings is 1. The van der Waals surface area contributed by atoms with Crippen LogP contribution in [0.25, 0.3) is 6.08 Å². The fourth-order valence-corrected chi connectivity index (χ4v) is 1.52. The second-order valence-electron chi connectivity index (χ2n) is 4.43. The molecule has 0 bridgehead atoms. The molecule has 0 spiro atoms. The van der Waals surface area contributed by atoms with Gasteiger partial charge in [0.2, 0.25) is 5.91 Å². The van der Waals surface area contributed by atoms with E-state index in [4.69, 9.17) is 8.94 Å². The highest BCUT2D eigenvalue weighted by Crippen LogP contribution is 2.07. The lowest BCUT2D eigenvalue weighted by atomic mass is 10.2. The van der Waals surface area contributed by atoms with Crippen LogP contribution in [-0.4, -0.2) is 16.0 Å². The number of nitrogens with one attached hydrogen (secondary N) is 1. The van der Waals surface area contributed by atoms with Crippen LogP contribution in [0.15, 0.2) is 32.9 Å². The third-order valence-electron chi connectivity index (χ3n) is 2.77. The van der Waals surface area contributed by atoms with Gasteiger partial charge in [0.25, 0.3) is 5.89 Å². The molecule has 2 heterocycles. The average molecular weight is 275 g/mol. The molecular formula is C14H17N3O3. The Morgan fingerprint density at radius 3 is 3.05 bits per heavy atom. The molecule has 0 saturated carbocycles. The SMILES string of the molecule is CC/C(C)=C/c1nc(CC(=O)NCc2ccco2)no1. The standard InChI is InChI=1S/C14H17N3O3/c1-3-10(2)7-14-16-12(17-20-14)8-13(18)15-9-11-5-4-6-19-11/h4-7H,3,8-9H2,1-2H3,(H,15,18)/b10-7+. The highest BCUT2D eigenvalue weighted by molar-refractivity contribution is 5.77. The normalized spacial score (nSPS) is 11.6. The molecule has 0 aliphatic carbocycles. The van der Waals surface area contributed by atoms with Crippen molar-refractivity contribution in [3.05, 3.63) is 41.4 Å². The maximum atomic E-state index is 11.7. The van der Waals surface area contributed by atoms with Crippen LogP contribution in [0.3, 0.4) is 0 Å². The lowest BCUT2D eigenvalue weighted by Gasteiger charge is -1.99. The summed E-state index contributed by atoms with van der Waals surface area (Å²) >= 11 is 0. The van der Waals surface area contributed by atoms with Gasteiger partial charge in [-0.05, 0) is 25.5 Å². The molecule has 106 valence electrons. The first-order valence-electron chi connectivity index (χ1n) is 6.46. The van der Waals surface area contributed by atoms with Crippen molar-refractivity contribution in [2.45, 2.75) is 33.2 Å². The van der Waals surface area contributed by atoms with Crippen molar-refractivity contribution in [1.82, 2.24) is 15.5 Å². The summed E-state index contributed by atoms with van der Waals surface area (Å²) in [6.45, 7) is 4.39. The Bertz CT molecular complexity index is 585. The molecule has 1 N–H and O–H groups in total. The van der Waals surface area contributed by atoms with E-state index in [-0.39, 0.29) is 12.3 Å². The van der Waals surface area contributed by atoms with E-state index in [1.54, 1.807) is 18.4 Å². The van der Waals surface area contributed by atoms with Gasteiger partial charge in [0.15, 0.2) is 5.82 Å². The summed E-state index contributed by atoms with van der Waals surface area (Å²) in [5.41, 5.74) is 1.14. The highest BCUT2D eigenvalue weighted by atomic mass is 16.5. The van der Waals surface area contributed by atoms with E-state index in [9.17, 15) is 4.79 Å². The zero-order valence-corrected chi connectivity index (χ0v) is 11.5. The number of carbonyl (C=O) groups excluding carboxylic acids is 1. The molecule has 0 saturated heterocycles. The van der Waals surface area contributed by atoms with Gasteiger partial charge in [0.1, 0.15) is 5.76 Å². The van der Waals surface area contributed by atoms with Gasteiger partial charge < -0.3 is 14.3 Å². The van der Waals surface area contributed by atoms with Crippen molar-refractivity contribution in [1.29, 1.82) is 0 Å². The number of nitrogens with zero attached hydrogens (tertiary/aromatic N) is 2. The Labute approximate surface area is 116 Å². The number of hydrogen-bond donors (Lipinski definition) is 1. The summed E-state index contributed by atoms with van der Waals surface area (Å²) in [4.78, 5) is 15.9. The van der Waals surface area contributed by atoms with Gasteiger partial charge in [0.05, 0.1) is 19.2 Å². The van der Waals surface area contributed by atoms with E-state index in [2.05, 4.69) is 15.5 Å². The third-order valence-corrected chi connectivity index (χ3v) is 2.77. The Balaban J connectivity index is 1.85. The number of hydrogen-bond acceptors (Lipinski definition) is 5. The summed E-state index contributed by atoms with van der Waals surface area (Å²) in [5, 5.41) is 6.50. The van der Waals surface area contributed by atoms with Gasteiger partial charge >= 0.3 is 0 Å². The Morgan fingerprint density at radius 2 is 2.35 bits per heavy atom. The Morgan fingerprint density at radius 1 is 1.50 bits per heavy atom. The molecule has 0 fully saturated rings. The molecular weight excluding hydrogens is 258 g/mol. The average Bonchev–Trinajstić information content (AvgIpc) is 3.08. The van der Waals surface area contributed by atoms with Crippen molar-refractivity contribution in [3.63, 3.8) is 0 Å². The number of aromatic nitrogens is 2. The van der Waals surface area contributed by atoms with Crippen LogP contribution in [0.2, 0.25) is 0 Å². The van der Waals surface area contributed by atoms with Crippen molar-refractivity contribution in [2.24, 2.45) is 0 Å². The van der Waals surface area contributed by atoms with E-state index in [1.807, 2.05) is 19.9 Å². The second-order valence-corrected chi connectivity index (χ2v) is 4.43. The molecule has 2 rings (SSSR count). The minimum absolute atomic E-state index is 0.0865. The van der Waals surface area contributed by atoms with E-state index < -0.39 is 0 Å². The summed E-state index contributed by atoms with van der Waals surface area (Å²) in [6, 6.07) is 3.57. The van der Waals surface area contributed by atoms with Crippen LogP contribution in [0.1, 0.15) is 37.7 Å². The summed E-state index contributed by atoms with van der Waals surface area (Å²) < 4.78 is 10.2. The minimum Gasteiger partial charge on any atom is -0.467 e. The number of carbonyl (C=O) groups is 1. The fraction of sp³-hybridized carbons (Fsp3) is 0.357. The van der Waals surface area contributed by atoms with Gasteiger partial charge in [-0.15, -0.1) is 0 Å². The van der Waals surface area contributed by atoms with E-state index in [1.165, 1.54) is 0 Å². The zero-order valence-electron chi connectivity index (χ0n) is 11.5. The molecule has 6 nitrogen and oxygen atoms in total. The predicted molar refractivity (Wildman–Crippen MR) is 72.5 cm³/mol. The van der Waals surface area contributed by atoms with Crippen molar-refractivity contribution in [3.8, 4) is 0 Å². The molecule has 0 unspecified atom stereocenters. The van der Waals surface area contributed by atoms with Gasteiger partial charge in [-0.1, -0.05) is 17.7 Å². The first kappa shape index (κ1) is 14.0. The summed E-state index contributed by atoms with van der Waals surface area (Å²) in [6.07, 6.45) is 4.39. The van der Waals surface area contributed by atoms with Crippen LogP contribution < -0.4 is 5.32 Å². The quantitative estimate of drug-likeness (QED) is 0.875. The molecule has 6 heteroatoms. The Hall–Kier alpha value is -2.37. The first-order chi connectivity index (χ1) is 9.67. The van der Waals surface area contributed by atoms with Crippen LogP contribution in [0.4, 0.5) is 0 Å². The molecule has 0 aliphatic rings. The summed E-state index contributed by atoms with van der Waals surface area (Å²) in [5.74, 6) is 1.33. The second kappa shape index (κ2) is 6.70. The lowest BCUT2D eigenvalue weighted by molar-refractivity contribution is -0.120. The topological polar surface area (TPSA) is 81.2 Å². The minimum atomic E-state index is -0.176. The third kappa shape index (κ3) is 4.08. The Kier molecular flexibility index (Phi) is 4.70. The van der Waals surface area contributed by atoms with E-state index >= 15 is 0 Å². The molecule has 0 aliphatic heterocycles. The van der Waals surface area contributed by atoms with Crippen LogP contribution in [0.5, 0.6) is 0 Å². The molecule has 0 atom stereocenters. The van der Waals surface area contributed by atoms with Gasteiger partial charge in [-0.2, -0.15) is 4.98 Å². The molecule has 0 radical (unpaired) electrons. The molecule has 1 amide bonds. The van der Waals surface area contributed by atoms with Crippen LogP contribution >= 0.6 is 0 Å². The smallest absolute Gasteiger partial charge is 0.250 e. The largest absolute Gasteiger partial charge is 0.467 e. The molecule has 2 aromatic heterocycles. The monoisotopic (exact) mass is 275 g/mol. The van der Waals surface area contributed by atoms with Crippen molar-refractivity contribution >= 4 is 12.0 Å². The molecule has 20 heavy (non-hydrogen) atoms. The van der Waals surface area contributed by atoms with Crippen LogP contribution in [-0.2, 0) is 17.8 Å². The number of allylic oxidation sites excluding steroid dienone is 1. The molecule has 2 aromatic rings. The van der Waals surface area contributed by atoms with Crippen molar-refractivity contribution < 1.29 is 13.7 Å². The first-order valence-corrected chi connectivity index (χ1v) is 6.46. The number of amides is 1. The zero-order chi connectivity index (χ0) is 14.4. The predicted octanol–water partition coefficient (Wildman–Crippen LogP) is 2.33. The van der Waals surface area contributed by atoms with E-state index in [0.29, 0.717) is 24.0 Å². The summed E-state index contributed by atoms with van der Waals surface area (Å²) in [7, 11) is 0. The van der Waals surface area contributed by atoms with Gasteiger partial charge in [-0.3, -0.25) is 4.79 Å². The van der Waals surface area contributed by atoms with Gasteiger partial charge in [-0.25, -0.2) is 0 Å². The lowest BCUT2D eigenvalue weighted by Crippen LogP contribution is -2.24.